The molecule has 0 spiro atoms. The van der Waals surface area contributed by atoms with Crippen LogP contribution in [0.3, 0.4) is 0 Å². The largest absolute Gasteiger partial charge is 0.351 e. The van der Waals surface area contributed by atoms with Gasteiger partial charge in [-0.1, -0.05) is 30.5 Å². The first-order valence-corrected chi connectivity index (χ1v) is 9.49. The van der Waals surface area contributed by atoms with Gasteiger partial charge in [0.1, 0.15) is 0 Å². The maximum atomic E-state index is 12.4. The molecule has 0 aliphatic carbocycles. The quantitative estimate of drug-likeness (QED) is 0.608. The maximum Gasteiger partial charge on any atom is 0.326 e. The fraction of sp³-hybridized carbons (Fsp3) is 0.550. The van der Waals surface area contributed by atoms with E-state index in [0.717, 1.165) is 42.7 Å². The monoisotopic (exact) mass is 372 g/mol. The minimum absolute atomic E-state index is 0.458. The van der Waals surface area contributed by atoms with E-state index in [-0.39, 0.29) is 0 Å². The van der Waals surface area contributed by atoms with Gasteiger partial charge in [-0.05, 0) is 38.3 Å². The molecule has 0 saturated heterocycles. The first kappa shape index (κ1) is 20.7. The number of carbonyl (C=O) groups excluding carboxylic acids is 1. The van der Waals surface area contributed by atoms with Crippen LogP contribution in [0.5, 0.6) is 0 Å². The van der Waals surface area contributed by atoms with Gasteiger partial charge in [0.2, 0.25) is 11.9 Å². The van der Waals surface area contributed by atoms with Gasteiger partial charge in [-0.2, -0.15) is 4.99 Å². The Hall–Kier alpha value is -2.57. The summed E-state index contributed by atoms with van der Waals surface area (Å²) in [4.78, 5) is 27.1. The summed E-state index contributed by atoms with van der Waals surface area (Å²) < 4.78 is 0. The van der Waals surface area contributed by atoms with Crippen molar-refractivity contribution >= 4 is 23.6 Å². The summed E-state index contributed by atoms with van der Waals surface area (Å²) in [6.45, 7) is 5.62. The Morgan fingerprint density at radius 2 is 1.89 bits per heavy atom. The summed E-state index contributed by atoms with van der Waals surface area (Å²) in [6.07, 6.45) is 4.55. The van der Waals surface area contributed by atoms with Gasteiger partial charge < -0.3 is 15.5 Å². The molecule has 1 aromatic carbocycles. The number of aryl methyl sites for hydroxylation is 2. The number of guanidine groups is 2. The topological polar surface area (TPSA) is 77.5 Å². The molecule has 7 heteroatoms. The predicted octanol–water partition coefficient (Wildman–Crippen LogP) is 2.97. The molecular formula is C20H32N6O. The Morgan fingerprint density at radius 1 is 1.19 bits per heavy atom. The van der Waals surface area contributed by atoms with Crippen molar-refractivity contribution in [3.8, 4) is 0 Å². The SMILES string of the molecule is Cc1ccc(N(C(N)=O)/C(=N/C2=NCCCCCCN2C)N(C)C)c(C)c1. The third-order valence-corrected chi connectivity index (χ3v) is 4.61. The normalized spacial score (nSPS) is 16.1. The molecule has 1 aliphatic heterocycles. The van der Waals surface area contributed by atoms with E-state index in [1.54, 1.807) is 4.90 Å². The Morgan fingerprint density at radius 3 is 2.52 bits per heavy atom. The van der Waals surface area contributed by atoms with Crippen LogP contribution >= 0.6 is 0 Å². The summed E-state index contributed by atoms with van der Waals surface area (Å²) in [5.41, 5.74) is 8.58. The summed E-state index contributed by atoms with van der Waals surface area (Å²) in [5, 5.41) is 0. The second-order valence-corrected chi connectivity index (χ2v) is 7.29. The van der Waals surface area contributed by atoms with Gasteiger partial charge >= 0.3 is 6.03 Å². The lowest BCUT2D eigenvalue weighted by molar-refractivity contribution is 0.256. The zero-order chi connectivity index (χ0) is 20.0. The van der Waals surface area contributed by atoms with E-state index in [4.69, 9.17) is 10.7 Å². The van der Waals surface area contributed by atoms with Crippen LogP contribution in [0.4, 0.5) is 10.5 Å². The van der Waals surface area contributed by atoms with E-state index in [1.165, 1.54) is 17.7 Å². The number of aliphatic imine (C=N–C) groups is 2. The van der Waals surface area contributed by atoms with E-state index in [1.807, 2.05) is 53.2 Å². The zero-order valence-electron chi connectivity index (χ0n) is 17.2. The van der Waals surface area contributed by atoms with Gasteiger partial charge in [0.05, 0.1) is 5.69 Å². The van der Waals surface area contributed by atoms with Crippen LogP contribution in [0, 0.1) is 13.8 Å². The third kappa shape index (κ3) is 5.45. The highest BCUT2D eigenvalue weighted by Gasteiger charge is 2.24. The highest BCUT2D eigenvalue weighted by molar-refractivity contribution is 6.17. The molecule has 1 aromatic rings. The molecule has 1 aliphatic rings. The summed E-state index contributed by atoms with van der Waals surface area (Å²) >= 11 is 0. The number of hydrogen-bond donors (Lipinski definition) is 1. The van der Waals surface area contributed by atoms with Gasteiger partial charge in [-0.25, -0.2) is 9.69 Å². The Labute approximate surface area is 162 Å². The van der Waals surface area contributed by atoms with E-state index in [2.05, 4.69) is 9.89 Å². The lowest BCUT2D eigenvalue weighted by Gasteiger charge is -2.29. The molecule has 148 valence electrons. The number of carbonyl (C=O) groups is 1. The molecule has 27 heavy (non-hydrogen) atoms. The van der Waals surface area contributed by atoms with Gasteiger partial charge in [0.15, 0.2) is 0 Å². The minimum atomic E-state index is -0.569. The first-order chi connectivity index (χ1) is 12.8. The van der Waals surface area contributed by atoms with Crippen LogP contribution in [-0.4, -0.2) is 62.0 Å². The van der Waals surface area contributed by atoms with E-state index >= 15 is 0 Å². The number of primary amides is 1. The van der Waals surface area contributed by atoms with E-state index in [9.17, 15) is 4.79 Å². The predicted molar refractivity (Wildman–Crippen MR) is 113 cm³/mol. The summed E-state index contributed by atoms with van der Waals surface area (Å²) in [5.74, 6) is 1.09. The Balaban J connectivity index is 2.50. The van der Waals surface area contributed by atoms with Crippen LogP contribution < -0.4 is 10.6 Å². The maximum absolute atomic E-state index is 12.4. The van der Waals surface area contributed by atoms with Crippen molar-refractivity contribution in [2.24, 2.45) is 15.7 Å². The molecule has 1 heterocycles. The fourth-order valence-corrected chi connectivity index (χ4v) is 3.16. The van der Waals surface area contributed by atoms with Crippen molar-refractivity contribution in [3.05, 3.63) is 29.3 Å². The second kappa shape index (κ2) is 9.39. The van der Waals surface area contributed by atoms with Crippen molar-refractivity contribution in [3.63, 3.8) is 0 Å². The molecular weight excluding hydrogens is 340 g/mol. The van der Waals surface area contributed by atoms with Crippen molar-refractivity contribution < 1.29 is 4.79 Å². The van der Waals surface area contributed by atoms with E-state index < -0.39 is 6.03 Å². The Kier molecular flexibility index (Phi) is 7.21. The Bertz CT molecular complexity index is 725. The molecule has 0 saturated carbocycles. The van der Waals surface area contributed by atoms with Crippen LogP contribution in [0.25, 0.3) is 0 Å². The smallest absolute Gasteiger partial charge is 0.326 e. The van der Waals surface area contributed by atoms with Crippen molar-refractivity contribution in [2.45, 2.75) is 39.5 Å². The standard InChI is InChI=1S/C20H32N6O/c1-15-10-11-17(16(2)14-15)26(18(21)27)20(24(3)4)23-19-22-12-8-6-7-9-13-25(19)5/h10-11,14H,6-9,12-13H2,1-5H3,(H2,21,27)/b22-19?,23-20+. The van der Waals surface area contributed by atoms with Gasteiger partial charge in [0.25, 0.3) is 0 Å². The average molecular weight is 373 g/mol. The van der Waals surface area contributed by atoms with Crippen molar-refractivity contribution in [1.82, 2.24) is 9.80 Å². The first-order valence-electron chi connectivity index (χ1n) is 9.49. The number of nitrogens with zero attached hydrogens (tertiary/aromatic N) is 5. The van der Waals surface area contributed by atoms with Crippen LogP contribution in [-0.2, 0) is 0 Å². The van der Waals surface area contributed by atoms with Gasteiger partial charge in [-0.15, -0.1) is 0 Å². The highest BCUT2D eigenvalue weighted by atomic mass is 16.2. The van der Waals surface area contributed by atoms with Gasteiger partial charge in [0, 0.05) is 34.2 Å². The molecule has 0 bridgehead atoms. The average Bonchev–Trinajstić information content (AvgIpc) is 2.68. The highest BCUT2D eigenvalue weighted by Crippen LogP contribution is 2.22. The number of rotatable bonds is 1. The van der Waals surface area contributed by atoms with E-state index in [0.29, 0.717) is 11.9 Å². The molecule has 7 nitrogen and oxygen atoms in total. The minimum Gasteiger partial charge on any atom is -0.351 e. The molecule has 0 atom stereocenters. The van der Waals surface area contributed by atoms with Crippen molar-refractivity contribution in [1.29, 1.82) is 0 Å². The number of benzene rings is 1. The molecule has 0 unspecified atom stereocenters. The molecule has 0 aromatic heterocycles. The fourth-order valence-electron chi connectivity index (χ4n) is 3.16. The lowest BCUT2D eigenvalue weighted by atomic mass is 10.1. The lowest BCUT2D eigenvalue weighted by Crippen LogP contribution is -2.48. The molecule has 2 N–H and O–H groups in total. The molecule has 0 fully saturated rings. The number of urea groups is 1. The van der Waals surface area contributed by atoms with Crippen LogP contribution in [0.2, 0.25) is 0 Å². The van der Waals surface area contributed by atoms with Crippen molar-refractivity contribution in [2.75, 3.05) is 39.1 Å². The summed E-state index contributed by atoms with van der Waals surface area (Å²) in [7, 11) is 5.70. The van der Waals surface area contributed by atoms with Gasteiger partial charge in [-0.3, -0.25) is 4.99 Å². The number of nitrogens with two attached hydrogens (primary N) is 1. The summed E-state index contributed by atoms with van der Waals surface area (Å²) in [6, 6.07) is 5.33. The second-order valence-electron chi connectivity index (χ2n) is 7.29. The van der Waals surface area contributed by atoms with Crippen LogP contribution in [0.1, 0.15) is 36.8 Å². The number of anilines is 1. The molecule has 0 radical (unpaired) electrons. The third-order valence-electron chi connectivity index (χ3n) is 4.61. The molecule has 2 amide bonds. The number of amides is 2. The zero-order valence-corrected chi connectivity index (χ0v) is 17.2. The molecule has 2 rings (SSSR count). The number of hydrogen-bond acceptors (Lipinski definition) is 4. The van der Waals surface area contributed by atoms with Crippen LogP contribution in [0.15, 0.2) is 28.2 Å².